The molecule has 0 amide bonds. The number of halogens is 3. The number of fused-ring (bicyclic) bond motifs is 4. The molecule has 8 rings (SSSR count). The van der Waals surface area contributed by atoms with E-state index in [0.717, 1.165) is 25.8 Å². The van der Waals surface area contributed by atoms with Gasteiger partial charge in [-0.15, -0.1) is 6.42 Å². The molecule has 43 heavy (non-hydrogen) atoms. The number of hydrogen-bond donors (Lipinski definition) is 1. The third kappa shape index (κ3) is 4.18. The van der Waals surface area contributed by atoms with E-state index in [0.29, 0.717) is 42.7 Å². The maximum Gasteiger partial charge on any atom is 0.319 e. The van der Waals surface area contributed by atoms with E-state index in [2.05, 4.69) is 25.7 Å². The Hall–Kier alpha value is -4.14. The second-order valence-electron chi connectivity index (χ2n) is 11.9. The fourth-order valence-corrected chi connectivity index (χ4v) is 7.29. The van der Waals surface area contributed by atoms with Crippen LogP contribution in [0.4, 0.5) is 19.0 Å². The fraction of sp³-hybridized carbons (Fsp3) is 0.406. The summed E-state index contributed by atoms with van der Waals surface area (Å²) in [6, 6.07) is 5.53. The zero-order valence-electron chi connectivity index (χ0n) is 23.2. The summed E-state index contributed by atoms with van der Waals surface area (Å²) in [6.07, 6.45) is 9.29. The van der Waals surface area contributed by atoms with Crippen molar-refractivity contribution < 1.29 is 27.8 Å². The average Bonchev–Trinajstić information content (AvgIpc) is 3.60. The van der Waals surface area contributed by atoms with Crippen LogP contribution in [0, 0.1) is 24.0 Å². The Morgan fingerprint density at radius 2 is 2.09 bits per heavy atom. The Morgan fingerprint density at radius 1 is 1.21 bits per heavy atom. The number of phenolic OH excluding ortho intramolecular Hbond substituents is 1. The van der Waals surface area contributed by atoms with Gasteiger partial charge in [-0.25, -0.2) is 13.2 Å². The normalized spacial score (nSPS) is 26.5. The van der Waals surface area contributed by atoms with E-state index in [9.17, 15) is 13.9 Å². The second kappa shape index (κ2) is 9.69. The quantitative estimate of drug-likeness (QED) is 0.336. The fourth-order valence-electron chi connectivity index (χ4n) is 7.29. The summed E-state index contributed by atoms with van der Waals surface area (Å²) in [5.74, 6) is 1.27. The third-order valence-corrected chi connectivity index (χ3v) is 9.36. The van der Waals surface area contributed by atoms with E-state index in [1.54, 1.807) is 0 Å². The number of morpholine rings is 1. The Balaban J connectivity index is 1.28. The molecular weight excluding hydrogens is 559 g/mol. The molecule has 2 aromatic heterocycles. The SMILES string of the molecule is C#Cc1c(F)ccc2cc(O)cc(-c3ncc4c(N5CCOC6CC65)nc(OC[C@@]56CCCN5C[C@H](F)C6)nc4c3F)c12. The standard InChI is InChI=1S/C32H28F3N5O3/c1-2-20-23(34)5-4-17-10-19(41)11-21(26(17)20)28-27(35)29-22(14-36-28)30(40-8-9-42-25-12-24(25)40)38-31(37-29)43-16-32-6-3-7-39(32)15-18(33)13-32/h1,4-5,10-11,14,18,24-25,41H,3,6-9,12-13,15-16H2/t18-,24?,25?,32+/m1/s1. The van der Waals surface area contributed by atoms with Gasteiger partial charge in [-0.1, -0.05) is 12.0 Å². The van der Waals surface area contributed by atoms with Crippen LogP contribution in [0.25, 0.3) is 32.9 Å². The number of phenols is 1. The smallest absolute Gasteiger partial charge is 0.319 e. The van der Waals surface area contributed by atoms with Crippen molar-refractivity contribution in [2.75, 3.05) is 37.7 Å². The van der Waals surface area contributed by atoms with Gasteiger partial charge in [0, 0.05) is 36.7 Å². The second-order valence-corrected chi connectivity index (χ2v) is 11.9. The molecule has 4 aromatic rings. The molecule has 4 fully saturated rings. The highest BCUT2D eigenvalue weighted by molar-refractivity contribution is 6.03. The van der Waals surface area contributed by atoms with Crippen molar-refractivity contribution in [3.8, 4) is 35.4 Å². The van der Waals surface area contributed by atoms with E-state index in [1.807, 2.05) is 0 Å². The monoisotopic (exact) mass is 587 g/mol. The van der Waals surface area contributed by atoms with Gasteiger partial charge in [-0.3, -0.25) is 9.88 Å². The van der Waals surface area contributed by atoms with Crippen LogP contribution in [0.2, 0.25) is 0 Å². The number of anilines is 1. The van der Waals surface area contributed by atoms with Gasteiger partial charge in [-0.05, 0) is 49.4 Å². The topological polar surface area (TPSA) is 83.8 Å². The molecule has 0 bridgehead atoms. The highest BCUT2D eigenvalue weighted by Gasteiger charge is 2.50. The Bertz CT molecular complexity index is 1850. The molecule has 0 radical (unpaired) electrons. The number of benzene rings is 2. The van der Waals surface area contributed by atoms with Crippen molar-refractivity contribution in [2.24, 2.45) is 0 Å². The summed E-state index contributed by atoms with van der Waals surface area (Å²) in [7, 11) is 0. The molecule has 3 aliphatic heterocycles. The first-order chi connectivity index (χ1) is 20.8. The Morgan fingerprint density at radius 3 is 2.95 bits per heavy atom. The van der Waals surface area contributed by atoms with Crippen LogP contribution in [0.3, 0.4) is 0 Å². The molecule has 220 valence electrons. The molecule has 4 aliphatic rings. The number of rotatable bonds is 5. The summed E-state index contributed by atoms with van der Waals surface area (Å²) >= 11 is 0. The highest BCUT2D eigenvalue weighted by atomic mass is 19.1. The highest BCUT2D eigenvalue weighted by Crippen LogP contribution is 2.43. The summed E-state index contributed by atoms with van der Waals surface area (Å²) in [5.41, 5.74) is -0.527. The molecule has 1 N–H and O–H groups in total. The maximum absolute atomic E-state index is 16.7. The number of aromatic nitrogens is 3. The molecular formula is C32H28F3N5O3. The number of pyridine rings is 1. The van der Waals surface area contributed by atoms with Crippen molar-refractivity contribution in [2.45, 2.75) is 49.5 Å². The Kier molecular flexibility index (Phi) is 5.97. The van der Waals surface area contributed by atoms with Crippen LogP contribution in [-0.4, -0.2) is 81.7 Å². The van der Waals surface area contributed by atoms with Gasteiger partial charge in [0.05, 0.1) is 35.2 Å². The minimum Gasteiger partial charge on any atom is -0.508 e. The van der Waals surface area contributed by atoms with E-state index in [4.69, 9.17) is 20.9 Å². The van der Waals surface area contributed by atoms with E-state index < -0.39 is 23.3 Å². The van der Waals surface area contributed by atoms with Crippen LogP contribution in [-0.2, 0) is 4.74 Å². The number of terminal acetylenes is 1. The number of aromatic hydroxyl groups is 1. The van der Waals surface area contributed by atoms with Gasteiger partial charge in [0.2, 0.25) is 0 Å². The van der Waals surface area contributed by atoms with E-state index in [-0.39, 0.29) is 58.2 Å². The summed E-state index contributed by atoms with van der Waals surface area (Å²) < 4.78 is 57.8. The van der Waals surface area contributed by atoms with Crippen LogP contribution in [0.1, 0.15) is 31.2 Å². The van der Waals surface area contributed by atoms with Crippen LogP contribution in [0.5, 0.6) is 11.8 Å². The summed E-state index contributed by atoms with van der Waals surface area (Å²) in [5, 5.41) is 11.6. The predicted molar refractivity (Wildman–Crippen MR) is 154 cm³/mol. The lowest BCUT2D eigenvalue weighted by molar-refractivity contribution is 0.102. The van der Waals surface area contributed by atoms with Gasteiger partial charge >= 0.3 is 6.01 Å². The number of hydrogen-bond acceptors (Lipinski definition) is 8. The third-order valence-electron chi connectivity index (χ3n) is 9.36. The zero-order valence-corrected chi connectivity index (χ0v) is 23.2. The van der Waals surface area contributed by atoms with Crippen molar-refractivity contribution in [1.29, 1.82) is 0 Å². The first kappa shape index (κ1) is 26.5. The molecule has 11 heteroatoms. The minimum atomic E-state index is -0.918. The predicted octanol–water partition coefficient (Wildman–Crippen LogP) is 4.74. The number of ether oxygens (including phenoxy) is 2. The largest absolute Gasteiger partial charge is 0.508 e. The van der Waals surface area contributed by atoms with Gasteiger partial charge in [-0.2, -0.15) is 9.97 Å². The van der Waals surface area contributed by atoms with E-state index >= 15 is 4.39 Å². The molecule has 5 heterocycles. The zero-order chi connectivity index (χ0) is 29.5. The lowest BCUT2D eigenvalue weighted by Gasteiger charge is -2.31. The van der Waals surface area contributed by atoms with E-state index in [1.165, 1.54) is 30.5 Å². The van der Waals surface area contributed by atoms with Crippen LogP contribution in [0.15, 0.2) is 30.5 Å². The van der Waals surface area contributed by atoms with Crippen molar-refractivity contribution in [3.63, 3.8) is 0 Å². The van der Waals surface area contributed by atoms with Gasteiger partial charge in [0.1, 0.15) is 41.4 Å². The van der Waals surface area contributed by atoms with Gasteiger partial charge in [0.15, 0.2) is 5.82 Å². The van der Waals surface area contributed by atoms with Gasteiger partial charge in [0.25, 0.3) is 0 Å². The number of nitrogens with zero attached hydrogens (tertiary/aromatic N) is 5. The van der Waals surface area contributed by atoms with Crippen molar-refractivity contribution in [3.05, 3.63) is 47.7 Å². The lowest BCUT2D eigenvalue weighted by Crippen LogP contribution is -2.43. The molecule has 1 saturated carbocycles. The molecule has 3 saturated heterocycles. The number of alkyl halides is 1. The molecule has 8 nitrogen and oxygen atoms in total. The Labute approximate surface area is 245 Å². The first-order valence-electron chi connectivity index (χ1n) is 14.5. The molecule has 2 unspecified atom stereocenters. The maximum atomic E-state index is 16.7. The molecule has 0 spiro atoms. The average molecular weight is 588 g/mol. The molecule has 4 atom stereocenters. The first-order valence-corrected chi connectivity index (χ1v) is 14.5. The molecule has 2 aromatic carbocycles. The van der Waals surface area contributed by atoms with Crippen molar-refractivity contribution >= 4 is 27.5 Å². The van der Waals surface area contributed by atoms with Gasteiger partial charge < -0.3 is 19.5 Å². The van der Waals surface area contributed by atoms with Crippen LogP contribution >= 0.6 is 0 Å². The molecule has 1 aliphatic carbocycles. The van der Waals surface area contributed by atoms with Crippen molar-refractivity contribution in [1.82, 2.24) is 19.9 Å². The summed E-state index contributed by atoms with van der Waals surface area (Å²) in [4.78, 5) is 17.9. The minimum absolute atomic E-state index is 0.0121. The summed E-state index contributed by atoms with van der Waals surface area (Å²) in [6.45, 7) is 2.44. The lowest BCUT2D eigenvalue weighted by atomic mass is 9.95. The van der Waals surface area contributed by atoms with Crippen LogP contribution < -0.4 is 9.64 Å².